The highest BCUT2D eigenvalue weighted by Crippen LogP contribution is 2.34. The highest BCUT2D eigenvalue weighted by Gasteiger charge is 2.25. The fourth-order valence-corrected chi connectivity index (χ4v) is 5.83. The molecule has 0 unspecified atom stereocenters. The lowest BCUT2D eigenvalue weighted by Gasteiger charge is -2.21. The maximum Gasteiger partial charge on any atom is 0.419 e. The van der Waals surface area contributed by atoms with Crippen LogP contribution in [0.25, 0.3) is 22.2 Å². The second kappa shape index (κ2) is 9.10. The molecule has 0 aliphatic carbocycles. The Hall–Kier alpha value is -2.80. The molecule has 8 heteroatoms. The first-order valence-electron chi connectivity index (χ1n) is 10.6. The van der Waals surface area contributed by atoms with Crippen molar-refractivity contribution in [3.63, 3.8) is 0 Å². The first kappa shape index (κ1) is 24.3. The van der Waals surface area contributed by atoms with Crippen molar-refractivity contribution in [3.05, 3.63) is 88.4 Å². The number of fused-ring (bicyclic) bond motifs is 1. The van der Waals surface area contributed by atoms with Crippen molar-refractivity contribution in [2.75, 3.05) is 0 Å². The number of aromatic nitrogens is 1. The van der Waals surface area contributed by atoms with Gasteiger partial charge in [0.25, 0.3) is 0 Å². The number of hydrogen-bond donors (Lipinski definition) is 0. The summed E-state index contributed by atoms with van der Waals surface area (Å²) in [4.78, 5) is 13.1. The van der Waals surface area contributed by atoms with Gasteiger partial charge in [-0.05, 0) is 62.7 Å². The van der Waals surface area contributed by atoms with Crippen molar-refractivity contribution in [2.24, 2.45) is 0 Å². The van der Waals surface area contributed by atoms with E-state index in [4.69, 9.17) is 27.9 Å². The van der Waals surface area contributed by atoms with Crippen molar-refractivity contribution in [1.82, 2.24) is 4.57 Å². The van der Waals surface area contributed by atoms with E-state index in [0.717, 1.165) is 5.39 Å². The van der Waals surface area contributed by atoms with Crippen molar-refractivity contribution < 1.29 is 17.9 Å². The van der Waals surface area contributed by atoms with Crippen LogP contribution in [-0.4, -0.2) is 24.7 Å². The predicted molar refractivity (Wildman–Crippen MR) is 136 cm³/mol. The van der Waals surface area contributed by atoms with Gasteiger partial charge in [0.05, 0.1) is 26.9 Å². The summed E-state index contributed by atoms with van der Waals surface area (Å²) in [6.07, 6.45) is -0.554. The van der Waals surface area contributed by atoms with Crippen LogP contribution in [0.15, 0.2) is 77.7 Å². The molecule has 3 aromatic carbocycles. The fourth-order valence-electron chi connectivity index (χ4n) is 3.70. The normalized spacial score (nSPS) is 12.1. The van der Waals surface area contributed by atoms with Gasteiger partial charge in [-0.3, -0.25) is 0 Å². The Morgan fingerprint density at radius 3 is 2.38 bits per heavy atom. The summed E-state index contributed by atoms with van der Waals surface area (Å²) < 4.78 is 33.6. The predicted octanol–water partition coefficient (Wildman–Crippen LogP) is 7.37. The molecule has 0 fully saturated rings. The second-order valence-corrected chi connectivity index (χ2v) is 11.7. The molecular formula is C26H23Cl2NO4S. The molecule has 0 saturated carbocycles. The van der Waals surface area contributed by atoms with E-state index < -0.39 is 21.5 Å². The average Bonchev–Trinajstić information content (AvgIpc) is 3.12. The van der Waals surface area contributed by atoms with E-state index >= 15 is 0 Å². The van der Waals surface area contributed by atoms with Crippen molar-refractivity contribution in [2.45, 2.75) is 37.0 Å². The molecule has 0 saturated heterocycles. The molecule has 0 atom stereocenters. The van der Waals surface area contributed by atoms with Gasteiger partial charge < -0.3 is 4.74 Å². The molecule has 0 amide bonds. The fraction of sp³-hybridized carbons (Fsp3) is 0.192. The molecule has 0 aliphatic heterocycles. The van der Waals surface area contributed by atoms with E-state index in [1.807, 2.05) is 30.3 Å². The first-order valence-corrected chi connectivity index (χ1v) is 13.0. The van der Waals surface area contributed by atoms with Gasteiger partial charge in [-0.2, -0.15) is 0 Å². The van der Waals surface area contributed by atoms with Crippen molar-refractivity contribution >= 4 is 50.0 Å². The van der Waals surface area contributed by atoms with Gasteiger partial charge in [0.2, 0.25) is 0 Å². The van der Waals surface area contributed by atoms with Crippen molar-refractivity contribution in [1.29, 1.82) is 0 Å². The number of rotatable bonds is 4. The number of carbonyl (C=O) groups is 1. The Morgan fingerprint density at radius 2 is 1.68 bits per heavy atom. The van der Waals surface area contributed by atoms with Crippen LogP contribution in [0, 0.1) is 0 Å². The Balaban J connectivity index is 1.84. The number of para-hydroxylation sites is 1. The van der Waals surface area contributed by atoms with Gasteiger partial charge in [-0.1, -0.05) is 59.6 Å². The van der Waals surface area contributed by atoms with E-state index in [2.05, 4.69) is 0 Å². The van der Waals surface area contributed by atoms with E-state index in [1.165, 1.54) is 16.7 Å². The van der Waals surface area contributed by atoms with E-state index in [0.29, 0.717) is 27.4 Å². The maximum atomic E-state index is 13.3. The average molecular weight is 516 g/mol. The Labute approximate surface area is 208 Å². The third-order valence-electron chi connectivity index (χ3n) is 5.09. The van der Waals surface area contributed by atoms with Crippen LogP contribution in [0.4, 0.5) is 4.79 Å². The number of benzene rings is 3. The molecular weight excluding hydrogens is 493 g/mol. The minimum atomic E-state index is -3.80. The lowest BCUT2D eigenvalue weighted by Crippen LogP contribution is -2.27. The zero-order chi connectivity index (χ0) is 24.7. The van der Waals surface area contributed by atoms with Gasteiger partial charge in [-0.25, -0.2) is 17.8 Å². The number of halogens is 2. The molecule has 1 aromatic heterocycles. The number of ether oxygens (including phenoxy) is 1. The van der Waals surface area contributed by atoms with Gasteiger partial charge in [-0.15, -0.1) is 0 Å². The Morgan fingerprint density at radius 1 is 0.941 bits per heavy atom. The number of hydrogen-bond acceptors (Lipinski definition) is 4. The number of nitrogens with zero attached hydrogens (tertiary/aromatic N) is 1. The standard InChI is InChI=1S/C26H23Cl2NO4S/c1-26(2,3)33-25(30)29-22-10-5-4-8-18(22)14-23(29)19-11-12-21(28)24(15-19)34(31,32)16-17-7-6-9-20(27)13-17/h4-15H,16H2,1-3H3. The summed E-state index contributed by atoms with van der Waals surface area (Å²) in [7, 11) is -3.80. The van der Waals surface area contributed by atoms with E-state index in [1.54, 1.807) is 51.1 Å². The highest BCUT2D eigenvalue weighted by atomic mass is 35.5. The number of sulfone groups is 1. The molecule has 0 aliphatic rings. The third-order valence-corrected chi connectivity index (χ3v) is 7.49. The minimum absolute atomic E-state index is 0.0207. The molecule has 0 N–H and O–H groups in total. The Bertz CT molecular complexity index is 1500. The first-order chi connectivity index (χ1) is 15.9. The largest absolute Gasteiger partial charge is 0.443 e. The molecule has 0 bridgehead atoms. The molecule has 0 spiro atoms. The molecule has 176 valence electrons. The topological polar surface area (TPSA) is 65.4 Å². The molecule has 4 aromatic rings. The Kier molecular flexibility index (Phi) is 6.51. The summed E-state index contributed by atoms with van der Waals surface area (Å²) in [5.74, 6) is -0.258. The lowest BCUT2D eigenvalue weighted by atomic mass is 10.1. The van der Waals surface area contributed by atoms with E-state index in [-0.39, 0.29) is 15.7 Å². The SMILES string of the molecule is CC(C)(C)OC(=O)n1c(-c2ccc(Cl)c(S(=O)(=O)Cc3cccc(Cl)c3)c2)cc2ccccc21. The third kappa shape index (κ3) is 5.14. The van der Waals surface area contributed by atoms with Gasteiger partial charge in [0.15, 0.2) is 9.84 Å². The molecule has 34 heavy (non-hydrogen) atoms. The van der Waals surface area contributed by atoms with Crippen LogP contribution in [0.1, 0.15) is 26.3 Å². The summed E-state index contributed by atoms with van der Waals surface area (Å²) in [5.41, 5.74) is 1.54. The van der Waals surface area contributed by atoms with Gasteiger partial charge >= 0.3 is 6.09 Å². The summed E-state index contributed by atoms with van der Waals surface area (Å²) in [6, 6.07) is 20.6. The van der Waals surface area contributed by atoms with Crippen LogP contribution < -0.4 is 0 Å². The maximum absolute atomic E-state index is 13.3. The van der Waals surface area contributed by atoms with Crippen LogP contribution in [0.5, 0.6) is 0 Å². The second-order valence-electron chi connectivity index (χ2n) is 8.94. The zero-order valence-electron chi connectivity index (χ0n) is 18.9. The number of carbonyl (C=O) groups excluding carboxylic acids is 1. The van der Waals surface area contributed by atoms with E-state index in [9.17, 15) is 13.2 Å². The zero-order valence-corrected chi connectivity index (χ0v) is 21.2. The van der Waals surface area contributed by atoms with Crippen LogP contribution >= 0.6 is 23.2 Å². The summed E-state index contributed by atoms with van der Waals surface area (Å²) >= 11 is 12.4. The smallest absolute Gasteiger partial charge is 0.419 e. The van der Waals surface area contributed by atoms with Crippen LogP contribution in [0.2, 0.25) is 10.0 Å². The molecule has 0 radical (unpaired) electrons. The molecule has 5 nitrogen and oxygen atoms in total. The summed E-state index contributed by atoms with van der Waals surface area (Å²) in [5, 5.41) is 1.38. The molecule has 4 rings (SSSR count). The molecule has 1 heterocycles. The highest BCUT2D eigenvalue weighted by molar-refractivity contribution is 7.90. The van der Waals surface area contributed by atoms with Crippen LogP contribution in [-0.2, 0) is 20.3 Å². The van der Waals surface area contributed by atoms with Gasteiger partial charge in [0, 0.05) is 16.0 Å². The van der Waals surface area contributed by atoms with Crippen molar-refractivity contribution in [3.8, 4) is 11.3 Å². The minimum Gasteiger partial charge on any atom is -0.443 e. The monoisotopic (exact) mass is 515 g/mol. The van der Waals surface area contributed by atoms with Crippen LogP contribution in [0.3, 0.4) is 0 Å². The summed E-state index contributed by atoms with van der Waals surface area (Å²) in [6.45, 7) is 5.37. The lowest BCUT2D eigenvalue weighted by molar-refractivity contribution is 0.0547. The quantitative estimate of drug-likeness (QED) is 0.284. The van der Waals surface area contributed by atoms with Gasteiger partial charge in [0.1, 0.15) is 5.60 Å².